The van der Waals surface area contributed by atoms with Gasteiger partial charge < -0.3 is 14.6 Å². The molecule has 0 saturated heterocycles. The molecule has 0 aliphatic carbocycles. The number of nitrogens with zero attached hydrogens (tertiary/aromatic N) is 1. The summed E-state index contributed by atoms with van der Waals surface area (Å²) in [6.07, 6.45) is -0.945. The van der Waals surface area contributed by atoms with Crippen LogP contribution < -0.4 is 5.32 Å². The summed E-state index contributed by atoms with van der Waals surface area (Å²) in [6, 6.07) is 9.34. The Morgan fingerprint density at radius 1 is 1.29 bits per heavy atom. The van der Waals surface area contributed by atoms with Gasteiger partial charge in [0.15, 0.2) is 11.9 Å². The SMILES string of the molecule is Cc1cc(NC(=O)[C@H](C)OC(=O)c2sc3ccccc3c2C)no1. The number of carbonyl (C=O) groups is 2. The van der Waals surface area contributed by atoms with Gasteiger partial charge in [0.25, 0.3) is 5.91 Å². The second-order valence-corrected chi connectivity index (χ2v) is 6.46. The number of carbonyl (C=O) groups excluding carboxylic acids is 2. The Kier molecular flexibility index (Phi) is 4.35. The highest BCUT2D eigenvalue weighted by molar-refractivity contribution is 7.21. The summed E-state index contributed by atoms with van der Waals surface area (Å²) in [6.45, 7) is 5.11. The standard InChI is InChI=1S/C17H16N2O4S/c1-9-8-14(19-23-9)18-16(20)11(3)22-17(21)15-10(2)12-6-4-5-7-13(12)24-15/h4-8,11H,1-3H3,(H,18,19,20)/t11-/m0/s1. The molecular weight excluding hydrogens is 328 g/mol. The lowest BCUT2D eigenvalue weighted by molar-refractivity contribution is -0.123. The van der Waals surface area contributed by atoms with Gasteiger partial charge in [-0.2, -0.15) is 0 Å². The van der Waals surface area contributed by atoms with Crippen molar-refractivity contribution >= 4 is 39.1 Å². The number of anilines is 1. The molecular formula is C17H16N2O4S. The first-order valence-electron chi connectivity index (χ1n) is 7.39. The molecule has 1 atom stereocenters. The fourth-order valence-electron chi connectivity index (χ4n) is 2.29. The number of amides is 1. The Balaban J connectivity index is 1.71. The first-order valence-corrected chi connectivity index (χ1v) is 8.20. The molecule has 1 amide bonds. The molecule has 1 N–H and O–H groups in total. The second kappa shape index (κ2) is 6.45. The minimum absolute atomic E-state index is 0.290. The minimum Gasteiger partial charge on any atom is -0.448 e. The third-order valence-electron chi connectivity index (χ3n) is 3.56. The molecule has 6 nitrogen and oxygen atoms in total. The normalized spacial score (nSPS) is 12.1. The number of aryl methyl sites for hydroxylation is 2. The maximum atomic E-state index is 12.4. The predicted octanol–water partition coefficient (Wildman–Crippen LogP) is 3.69. The summed E-state index contributed by atoms with van der Waals surface area (Å²) in [5.41, 5.74) is 0.861. The minimum atomic E-state index is -0.945. The van der Waals surface area contributed by atoms with Gasteiger partial charge in [-0.15, -0.1) is 11.3 Å². The highest BCUT2D eigenvalue weighted by Crippen LogP contribution is 2.31. The Morgan fingerprint density at radius 2 is 2.04 bits per heavy atom. The van der Waals surface area contributed by atoms with Crippen LogP contribution in [0, 0.1) is 13.8 Å². The van der Waals surface area contributed by atoms with E-state index in [1.54, 1.807) is 13.0 Å². The first kappa shape index (κ1) is 16.2. The van der Waals surface area contributed by atoms with Gasteiger partial charge in [-0.05, 0) is 37.8 Å². The highest BCUT2D eigenvalue weighted by atomic mass is 32.1. The number of hydrogen-bond acceptors (Lipinski definition) is 6. The summed E-state index contributed by atoms with van der Waals surface area (Å²) in [5, 5.41) is 7.23. The lowest BCUT2D eigenvalue weighted by atomic mass is 10.1. The molecule has 2 aromatic heterocycles. The molecule has 1 aromatic carbocycles. The van der Waals surface area contributed by atoms with Crippen LogP contribution in [0.2, 0.25) is 0 Å². The number of rotatable bonds is 4. The van der Waals surface area contributed by atoms with E-state index < -0.39 is 18.0 Å². The van der Waals surface area contributed by atoms with E-state index in [1.807, 2.05) is 31.2 Å². The molecule has 0 radical (unpaired) electrons. The Morgan fingerprint density at radius 3 is 2.71 bits per heavy atom. The number of ether oxygens (including phenoxy) is 1. The molecule has 0 fully saturated rings. The maximum absolute atomic E-state index is 12.4. The van der Waals surface area contributed by atoms with Crippen molar-refractivity contribution in [2.75, 3.05) is 5.32 Å². The Labute approximate surface area is 142 Å². The van der Waals surface area contributed by atoms with Crippen LogP contribution >= 0.6 is 11.3 Å². The van der Waals surface area contributed by atoms with Crippen molar-refractivity contribution in [2.45, 2.75) is 26.9 Å². The van der Waals surface area contributed by atoms with E-state index in [0.29, 0.717) is 16.5 Å². The van der Waals surface area contributed by atoms with Crippen LogP contribution in [0.3, 0.4) is 0 Å². The van der Waals surface area contributed by atoms with Gasteiger partial charge in [0.1, 0.15) is 10.6 Å². The molecule has 2 heterocycles. The van der Waals surface area contributed by atoms with Crippen LogP contribution in [-0.2, 0) is 9.53 Å². The summed E-state index contributed by atoms with van der Waals surface area (Å²) in [5.74, 6) is -0.0996. The van der Waals surface area contributed by atoms with E-state index in [0.717, 1.165) is 15.6 Å². The van der Waals surface area contributed by atoms with Crippen molar-refractivity contribution in [1.29, 1.82) is 0 Å². The smallest absolute Gasteiger partial charge is 0.349 e. The molecule has 0 bridgehead atoms. The summed E-state index contributed by atoms with van der Waals surface area (Å²) in [7, 11) is 0. The molecule has 3 rings (SSSR count). The van der Waals surface area contributed by atoms with Gasteiger partial charge in [-0.3, -0.25) is 4.79 Å². The van der Waals surface area contributed by atoms with E-state index in [4.69, 9.17) is 9.26 Å². The van der Waals surface area contributed by atoms with Crippen LogP contribution in [-0.4, -0.2) is 23.1 Å². The van der Waals surface area contributed by atoms with Crippen molar-refractivity contribution in [2.24, 2.45) is 0 Å². The number of nitrogens with one attached hydrogen (secondary N) is 1. The van der Waals surface area contributed by atoms with E-state index in [1.165, 1.54) is 18.3 Å². The van der Waals surface area contributed by atoms with Gasteiger partial charge in [0, 0.05) is 10.8 Å². The van der Waals surface area contributed by atoms with Crippen molar-refractivity contribution in [3.8, 4) is 0 Å². The van der Waals surface area contributed by atoms with Gasteiger partial charge >= 0.3 is 5.97 Å². The van der Waals surface area contributed by atoms with Gasteiger partial charge in [-0.1, -0.05) is 23.4 Å². The third kappa shape index (κ3) is 3.16. The zero-order chi connectivity index (χ0) is 17.3. The lowest BCUT2D eigenvalue weighted by Gasteiger charge is -2.11. The number of benzene rings is 1. The number of fused-ring (bicyclic) bond motifs is 1. The van der Waals surface area contributed by atoms with Crippen LogP contribution in [0.1, 0.15) is 27.9 Å². The van der Waals surface area contributed by atoms with Crippen molar-refractivity contribution in [1.82, 2.24) is 5.16 Å². The molecule has 0 saturated carbocycles. The highest BCUT2D eigenvalue weighted by Gasteiger charge is 2.23. The summed E-state index contributed by atoms with van der Waals surface area (Å²) >= 11 is 1.36. The maximum Gasteiger partial charge on any atom is 0.349 e. The monoisotopic (exact) mass is 344 g/mol. The van der Waals surface area contributed by atoms with Crippen molar-refractivity contribution < 1.29 is 18.8 Å². The Hall–Kier alpha value is -2.67. The first-order chi connectivity index (χ1) is 11.5. The topological polar surface area (TPSA) is 81.4 Å². The van der Waals surface area contributed by atoms with Gasteiger partial charge in [-0.25, -0.2) is 4.79 Å². The van der Waals surface area contributed by atoms with Crippen LogP contribution in [0.4, 0.5) is 5.82 Å². The molecule has 0 aliphatic heterocycles. The fraction of sp³-hybridized carbons (Fsp3) is 0.235. The number of esters is 1. The number of aromatic nitrogens is 1. The van der Waals surface area contributed by atoms with Crippen LogP contribution in [0.15, 0.2) is 34.9 Å². The van der Waals surface area contributed by atoms with E-state index in [-0.39, 0.29) is 0 Å². The third-order valence-corrected chi connectivity index (χ3v) is 4.81. The van der Waals surface area contributed by atoms with Crippen molar-refractivity contribution in [3.05, 3.63) is 46.5 Å². The largest absolute Gasteiger partial charge is 0.448 e. The van der Waals surface area contributed by atoms with E-state index in [2.05, 4.69) is 10.5 Å². The average molecular weight is 344 g/mol. The molecule has 0 aliphatic rings. The second-order valence-electron chi connectivity index (χ2n) is 5.41. The quantitative estimate of drug-likeness (QED) is 0.730. The van der Waals surface area contributed by atoms with Crippen LogP contribution in [0.25, 0.3) is 10.1 Å². The molecule has 3 aromatic rings. The zero-order valence-corrected chi connectivity index (χ0v) is 14.3. The number of thiophene rings is 1. The lowest BCUT2D eigenvalue weighted by Crippen LogP contribution is -2.30. The van der Waals surface area contributed by atoms with Gasteiger partial charge in [0.05, 0.1) is 0 Å². The average Bonchev–Trinajstić information content (AvgIpc) is 3.11. The van der Waals surface area contributed by atoms with Crippen molar-refractivity contribution in [3.63, 3.8) is 0 Å². The van der Waals surface area contributed by atoms with Crippen LogP contribution in [0.5, 0.6) is 0 Å². The van der Waals surface area contributed by atoms with E-state index >= 15 is 0 Å². The van der Waals surface area contributed by atoms with E-state index in [9.17, 15) is 9.59 Å². The molecule has 24 heavy (non-hydrogen) atoms. The molecule has 0 unspecified atom stereocenters. The molecule has 7 heteroatoms. The fourth-order valence-corrected chi connectivity index (χ4v) is 3.38. The Bertz CT molecular complexity index is 912. The summed E-state index contributed by atoms with van der Waals surface area (Å²) in [4.78, 5) is 25.0. The zero-order valence-electron chi connectivity index (χ0n) is 13.5. The number of hydrogen-bond donors (Lipinski definition) is 1. The molecule has 124 valence electrons. The van der Waals surface area contributed by atoms with Gasteiger partial charge in [0.2, 0.25) is 0 Å². The summed E-state index contributed by atoms with van der Waals surface area (Å²) < 4.78 is 11.2. The predicted molar refractivity (Wildman–Crippen MR) is 91.3 cm³/mol. The molecule has 0 spiro atoms.